The predicted octanol–water partition coefficient (Wildman–Crippen LogP) is 2.68. The summed E-state index contributed by atoms with van der Waals surface area (Å²) in [5.74, 6) is 0.00869. The number of nitriles is 1. The molecule has 1 rings (SSSR count). The van der Waals surface area contributed by atoms with E-state index in [1.54, 1.807) is 31.2 Å². The van der Waals surface area contributed by atoms with E-state index in [9.17, 15) is 9.59 Å². The first-order valence-corrected chi connectivity index (χ1v) is 7.68. The second kappa shape index (κ2) is 10.2. The van der Waals surface area contributed by atoms with Crippen molar-refractivity contribution < 1.29 is 19.1 Å². The van der Waals surface area contributed by atoms with Crippen molar-refractivity contribution in [1.29, 1.82) is 5.26 Å². The van der Waals surface area contributed by atoms with Gasteiger partial charge >= 0.3 is 5.97 Å². The molecule has 23 heavy (non-hydrogen) atoms. The lowest BCUT2D eigenvalue weighted by Gasteiger charge is -2.20. The van der Waals surface area contributed by atoms with Crippen LogP contribution in [0.15, 0.2) is 24.3 Å². The van der Waals surface area contributed by atoms with Gasteiger partial charge in [-0.2, -0.15) is 5.26 Å². The Kier molecular flexibility index (Phi) is 8.22. The molecule has 0 bridgehead atoms. The fourth-order valence-corrected chi connectivity index (χ4v) is 1.91. The Morgan fingerprint density at radius 3 is 2.43 bits per heavy atom. The summed E-state index contributed by atoms with van der Waals surface area (Å²) < 4.78 is 10.3. The zero-order chi connectivity index (χ0) is 17.1. The summed E-state index contributed by atoms with van der Waals surface area (Å²) in [5, 5.41) is 8.92. The number of benzene rings is 1. The molecule has 0 aliphatic heterocycles. The van der Waals surface area contributed by atoms with Gasteiger partial charge in [-0.1, -0.05) is 6.92 Å². The van der Waals surface area contributed by atoms with Crippen LogP contribution in [0.2, 0.25) is 0 Å². The Balaban J connectivity index is 2.71. The molecule has 6 nitrogen and oxygen atoms in total. The molecule has 0 saturated carbocycles. The molecule has 0 unspecified atom stereocenters. The van der Waals surface area contributed by atoms with Crippen molar-refractivity contribution in [1.82, 2.24) is 0 Å². The van der Waals surface area contributed by atoms with Crippen molar-refractivity contribution >= 4 is 17.6 Å². The number of hydrogen-bond donors (Lipinski definition) is 0. The lowest BCUT2D eigenvalue weighted by Crippen LogP contribution is -2.31. The Bertz CT molecular complexity index is 549. The molecule has 0 aliphatic carbocycles. The minimum Gasteiger partial charge on any atom is -0.494 e. The van der Waals surface area contributed by atoms with E-state index >= 15 is 0 Å². The maximum Gasteiger partial charge on any atom is 0.306 e. The van der Waals surface area contributed by atoms with Gasteiger partial charge in [0.05, 0.1) is 25.7 Å². The van der Waals surface area contributed by atoms with E-state index in [1.807, 2.05) is 13.0 Å². The van der Waals surface area contributed by atoms with Crippen LogP contribution in [0.5, 0.6) is 5.75 Å². The number of anilines is 1. The first-order chi connectivity index (χ1) is 11.1. The number of rotatable bonds is 9. The summed E-state index contributed by atoms with van der Waals surface area (Å²) in [6, 6.07) is 8.94. The minimum absolute atomic E-state index is 0.00625. The smallest absolute Gasteiger partial charge is 0.306 e. The van der Waals surface area contributed by atoms with Gasteiger partial charge in [-0.25, -0.2) is 0 Å². The normalized spacial score (nSPS) is 9.78. The third kappa shape index (κ3) is 6.39. The van der Waals surface area contributed by atoms with Crippen LogP contribution in [0.1, 0.15) is 33.1 Å². The number of carbonyl (C=O) groups is 2. The molecular weight excluding hydrogens is 296 g/mol. The first-order valence-electron chi connectivity index (χ1n) is 7.68. The van der Waals surface area contributed by atoms with Crippen LogP contribution in [-0.2, 0) is 14.3 Å². The molecular formula is C17H22N2O4. The molecule has 0 spiro atoms. The van der Waals surface area contributed by atoms with Crippen molar-refractivity contribution in [2.45, 2.75) is 33.1 Å². The van der Waals surface area contributed by atoms with Crippen LogP contribution in [0, 0.1) is 11.3 Å². The van der Waals surface area contributed by atoms with Gasteiger partial charge in [0.25, 0.3) is 0 Å². The molecule has 0 heterocycles. The van der Waals surface area contributed by atoms with Gasteiger partial charge in [0.2, 0.25) is 5.91 Å². The van der Waals surface area contributed by atoms with Gasteiger partial charge in [0.15, 0.2) is 0 Å². The van der Waals surface area contributed by atoms with Crippen LogP contribution < -0.4 is 9.64 Å². The maximum atomic E-state index is 12.2. The van der Waals surface area contributed by atoms with E-state index < -0.39 is 5.97 Å². The van der Waals surface area contributed by atoms with Crippen LogP contribution >= 0.6 is 0 Å². The first kappa shape index (κ1) is 18.5. The highest BCUT2D eigenvalue weighted by Crippen LogP contribution is 2.20. The zero-order valence-electron chi connectivity index (χ0n) is 13.6. The summed E-state index contributed by atoms with van der Waals surface area (Å²) in [5.41, 5.74) is 0.601. The van der Waals surface area contributed by atoms with E-state index in [2.05, 4.69) is 0 Å². The number of amides is 1. The number of esters is 1. The Morgan fingerprint density at radius 1 is 1.17 bits per heavy atom. The molecule has 1 aromatic rings. The molecule has 0 aliphatic rings. The fraction of sp³-hybridized carbons (Fsp3) is 0.471. The predicted molar refractivity (Wildman–Crippen MR) is 86.1 cm³/mol. The van der Waals surface area contributed by atoms with E-state index in [1.165, 1.54) is 4.90 Å². The monoisotopic (exact) mass is 318 g/mol. The Hall–Kier alpha value is -2.55. The Morgan fingerprint density at radius 2 is 1.87 bits per heavy atom. The number of hydrogen-bond acceptors (Lipinski definition) is 5. The molecule has 1 amide bonds. The molecule has 0 fully saturated rings. The summed E-state index contributed by atoms with van der Waals surface area (Å²) in [6.45, 7) is 4.57. The molecule has 1 aromatic carbocycles. The van der Waals surface area contributed by atoms with E-state index in [0.29, 0.717) is 18.0 Å². The van der Waals surface area contributed by atoms with Gasteiger partial charge in [0, 0.05) is 12.1 Å². The van der Waals surface area contributed by atoms with Gasteiger partial charge in [0.1, 0.15) is 12.3 Å². The molecule has 0 N–H and O–H groups in total. The van der Waals surface area contributed by atoms with Crippen molar-refractivity contribution in [2.75, 3.05) is 24.7 Å². The summed E-state index contributed by atoms with van der Waals surface area (Å²) in [6.07, 6.45) is 0.926. The lowest BCUT2D eigenvalue weighted by molar-refractivity contribution is -0.144. The van der Waals surface area contributed by atoms with E-state index in [-0.39, 0.29) is 31.9 Å². The van der Waals surface area contributed by atoms with E-state index in [4.69, 9.17) is 14.7 Å². The fourth-order valence-electron chi connectivity index (χ4n) is 1.91. The SMILES string of the molecule is CCCOc1ccc(N(CC#N)C(=O)CCC(=O)OCC)cc1. The van der Waals surface area contributed by atoms with Gasteiger partial charge in [-0.05, 0) is 37.6 Å². The third-order valence-corrected chi connectivity index (χ3v) is 3.00. The molecule has 124 valence electrons. The summed E-state index contributed by atoms with van der Waals surface area (Å²) in [7, 11) is 0. The number of nitrogens with zero attached hydrogens (tertiary/aromatic N) is 2. The Labute approximate surface area is 136 Å². The minimum atomic E-state index is -0.416. The third-order valence-electron chi connectivity index (χ3n) is 3.00. The molecule has 0 aromatic heterocycles. The number of carbonyl (C=O) groups excluding carboxylic acids is 2. The van der Waals surface area contributed by atoms with Crippen molar-refractivity contribution in [2.24, 2.45) is 0 Å². The highest BCUT2D eigenvalue weighted by Gasteiger charge is 2.17. The van der Waals surface area contributed by atoms with Crippen molar-refractivity contribution in [3.05, 3.63) is 24.3 Å². The van der Waals surface area contributed by atoms with Crippen LogP contribution in [0.25, 0.3) is 0 Å². The van der Waals surface area contributed by atoms with Gasteiger partial charge < -0.3 is 9.47 Å². The van der Waals surface area contributed by atoms with Gasteiger partial charge in [-0.3, -0.25) is 14.5 Å². The second-order valence-corrected chi connectivity index (χ2v) is 4.79. The van der Waals surface area contributed by atoms with Crippen molar-refractivity contribution in [3.63, 3.8) is 0 Å². The number of ether oxygens (including phenoxy) is 2. The maximum absolute atomic E-state index is 12.2. The van der Waals surface area contributed by atoms with Crippen LogP contribution in [0.4, 0.5) is 5.69 Å². The summed E-state index contributed by atoms with van der Waals surface area (Å²) in [4.78, 5) is 24.9. The average molecular weight is 318 g/mol. The van der Waals surface area contributed by atoms with Crippen LogP contribution in [-0.4, -0.2) is 31.6 Å². The zero-order valence-corrected chi connectivity index (χ0v) is 13.6. The van der Waals surface area contributed by atoms with Gasteiger partial charge in [-0.15, -0.1) is 0 Å². The standard InChI is InChI=1S/C17H22N2O4/c1-3-13-23-15-7-5-14(6-8-15)19(12-11-18)16(20)9-10-17(21)22-4-2/h5-8H,3-4,9-10,12-13H2,1-2H3. The lowest BCUT2D eigenvalue weighted by atomic mass is 10.2. The quantitative estimate of drug-likeness (QED) is 0.516. The van der Waals surface area contributed by atoms with Crippen molar-refractivity contribution in [3.8, 4) is 11.8 Å². The van der Waals surface area contributed by atoms with E-state index in [0.717, 1.165) is 6.42 Å². The molecule has 0 atom stereocenters. The highest BCUT2D eigenvalue weighted by molar-refractivity contribution is 5.95. The molecule has 6 heteroatoms. The molecule has 0 radical (unpaired) electrons. The second-order valence-electron chi connectivity index (χ2n) is 4.79. The van der Waals surface area contributed by atoms with Crippen LogP contribution in [0.3, 0.4) is 0 Å². The summed E-state index contributed by atoms with van der Waals surface area (Å²) >= 11 is 0. The average Bonchev–Trinajstić information content (AvgIpc) is 2.56. The largest absolute Gasteiger partial charge is 0.494 e. The molecule has 0 saturated heterocycles. The highest BCUT2D eigenvalue weighted by atomic mass is 16.5. The topological polar surface area (TPSA) is 79.6 Å².